The minimum Gasteiger partial charge on any atom is -0.497 e. The van der Waals surface area contributed by atoms with E-state index < -0.39 is 16.1 Å². The van der Waals surface area contributed by atoms with Gasteiger partial charge in [-0.3, -0.25) is 4.90 Å². The third-order valence-electron chi connectivity index (χ3n) is 6.84. The van der Waals surface area contributed by atoms with Crippen molar-refractivity contribution in [2.45, 2.75) is 43.8 Å². The van der Waals surface area contributed by atoms with Crippen LogP contribution in [0.5, 0.6) is 17.2 Å². The van der Waals surface area contributed by atoms with Crippen LogP contribution in [0.1, 0.15) is 35.2 Å². The van der Waals surface area contributed by atoms with Crippen LogP contribution in [-0.2, 0) is 23.0 Å². The number of hydrogen-bond donors (Lipinski definition) is 1. The first-order valence-electron chi connectivity index (χ1n) is 12.0. The van der Waals surface area contributed by atoms with Crippen LogP contribution < -0.4 is 18.9 Å². The van der Waals surface area contributed by atoms with Crippen LogP contribution in [-0.4, -0.2) is 47.2 Å². The number of fused-ring (bicyclic) bond motifs is 1. The van der Waals surface area contributed by atoms with Crippen molar-refractivity contribution < 1.29 is 22.6 Å². The summed E-state index contributed by atoms with van der Waals surface area (Å²) in [4.78, 5) is 2.54. The van der Waals surface area contributed by atoms with E-state index in [4.69, 9.17) is 14.2 Å². The summed E-state index contributed by atoms with van der Waals surface area (Å²) >= 11 is 0. The summed E-state index contributed by atoms with van der Waals surface area (Å²) in [7, 11) is 1.03. The number of ether oxygens (including phenoxy) is 3. The summed E-state index contributed by atoms with van der Waals surface area (Å²) in [6.45, 7) is 5.52. The van der Waals surface area contributed by atoms with Gasteiger partial charge in [-0.2, -0.15) is 0 Å². The molecular formula is C28H34N2O5S. The fourth-order valence-electron chi connectivity index (χ4n) is 4.93. The molecule has 0 spiro atoms. The van der Waals surface area contributed by atoms with Crippen molar-refractivity contribution in [1.29, 1.82) is 0 Å². The zero-order valence-corrected chi connectivity index (χ0v) is 22.3. The minimum absolute atomic E-state index is 0.198. The molecule has 192 valence electrons. The van der Waals surface area contributed by atoms with Gasteiger partial charge in [-0.15, -0.1) is 0 Å². The molecular weight excluding hydrogens is 476 g/mol. The SMILES string of the molecule is COc1ccc(S(=O)(=O)N[C@@H](C)[C@H]2c3cc(OC)c(OC)cc3CCN2Cc2ccccc2C)cc1. The Labute approximate surface area is 214 Å². The third kappa shape index (κ3) is 5.36. The summed E-state index contributed by atoms with van der Waals surface area (Å²) in [5, 5.41) is 0. The Morgan fingerprint density at radius 1 is 0.972 bits per heavy atom. The van der Waals surface area contributed by atoms with Crippen molar-refractivity contribution in [2.75, 3.05) is 27.9 Å². The first kappa shape index (κ1) is 26.0. The minimum atomic E-state index is -3.76. The molecule has 36 heavy (non-hydrogen) atoms. The molecule has 1 N–H and O–H groups in total. The Morgan fingerprint density at radius 2 is 1.64 bits per heavy atom. The Morgan fingerprint density at radius 3 is 2.28 bits per heavy atom. The normalized spacial score (nSPS) is 16.8. The fraction of sp³-hybridized carbons (Fsp3) is 0.357. The van der Waals surface area contributed by atoms with E-state index in [1.165, 1.54) is 11.1 Å². The van der Waals surface area contributed by atoms with Gasteiger partial charge in [-0.1, -0.05) is 24.3 Å². The van der Waals surface area contributed by atoms with E-state index in [0.717, 1.165) is 24.1 Å². The smallest absolute Gasteiger partial charge is 0.240 e. The summed E-state index contributed by atoms with van der Waals surface area (Å²) in [6, 6.07) is 18.1. The van der Waals surface area contributed by atoms with Gasteiger partial charge in [0.2, 0.25) is 10.0 Å². The molecule has 0 aromatic heterocycles. The topological polar surface area (TPSA) is 77.1 Å². The second kappa shape index (κ2) is 10.9. The number of nitrogens with zero attached hydrogens (tertiary/aromatic N) is 1. The second-order valence-electron chi connectivity index (χ2n) is 9.08. The van der Waals surface area contributed by atoms with Gasteiger partial charge >= 0.3 is 0 Å². The van der Waals surface area contributed by atoms with Gasteiger partial charge in [-0.25, -0.2) is 13.1 Å². The number of rotatable bonds is 9. The highest BCUT2D eigenvalue weighted by atomic mass is 32.2. The Bertz CT molecular complexity index is 1310. The van der Waals surface area contributed by atoms with Crippen LogP contribution >= 0.6 is 0 Å². The maximum Gasteiger partial charge on any atom is 0.240 e. The first-order chi connectivity index (χ1) is 17.3. The van der Waals surface area contributed by atoms with Crippen molar-refractivity contribution in [1.82, 2.24) is 9.62 Å². The average Bonchev–Trinajstić information content (AvgIpc) is 2.88. The number of nitrogens with one attached hydrogen (secondary N) is 1. The molecule has 8 heteroatoms. The number of aryl methyl sites for hydroxylation is 1. The molecule has 4 rings (SSSR count). The number of sulfonamides is 1. The van der Waals surface area contributed by atoms with E-state index in [9.17, 15) is 8.42 Å². The molecule has 0 aliphatic carbocycles. The van der Waals surface area contributed by atoms with E-state index in [1.54, 1.807) is 45.6 Å². The van der Waals surface area contributed by atoms with E-state index in [1.807, 2.05) is 31.2 Å². The van der Waals surface area contributed by atoms with E-state index in [2.05, 4.69) is 28.7 Å². The van der Waals surface area contributed by atoms with Crippen LogP contribution in [0.2, 0.25) is 0 Å². The van der Waals surface area contributed by atoms with Crippen molar-refractivity contribution >= 4 is 10.0 Å². The molecule has 2 atom stereocenters. The Hall–Kier alpha value is -3.07. The van der Waals surface area contributed by atoms with Gasteiger partial charge in [0.25, 0.3) is 0 Å². The lowest BCUT2D eigenvalue weighted by molar-refractivity contribution is 0.150. The average molecular weight is 511 g/mol. The van der Waals surface area contributed by atoms with Gasteiger partial charge in [0, 0.05) is 19.1 Å². The van der Waals surface area contributed by atoms with Gasteiger partial charge < -0.3 is 14.2 Å². The quantitative estimate of drug-likeness (QED) is 0.457. The molecule has 0 radical (unpaired) electrons. The van der Waals surface area contributed by atoms with E-state index >= 15 is 0 Å². The molecule has 0 unspecified atom stereocenters. The van der Waals surface area contributed by atoms with Gasteiger partial charge in [0.15, 0.2) is 11.5 Å². The summed E-state index contributed by atoms with van der Waals surface area (Å²) in [5.41, 5.74) is 4.60. The molecule has 0 saturated heterocycles. The van der Waals surface area contributed by atoms with Crippen LogP contribution in [0.15, 0.2) is 65.6 Å². The summed E-state index contributed by atoms with van der Waals surface area (Å²) in [5.74, 6) is 1.91. The van der Waals surface area contributed by atoms with Crippen LogP contribution in [0.25, 0.3) is 0 Å². The standard InChI is InChI=1S/C28H34N2O5S/c1-19-8-6-7-9-22(19)18-30-15-14-21-16-26(34-4)27(35-5)17-25(21)28(30)20(2)29-36(31,32)24-12-10-23(33-3)11-13-24/h6-13,16-17,20,28-29H,14-15,18H2,1-5H3/t20-,28-/m0/s1. The van der Waals surface area contributed by atoms with E-state index in [0.29, 0.717) is 23.8 Å². The molecule has 3 aromatic rings. The highest BCUT2D eigenvalue weighted by molar-refractivity contribution is 7.89. The third-order valence-corrected chi connectivity index (χ3v) is 8.42. The largest absolute Gasteiger partial charge is 0.497 e. The Kier molecular flexibility index (Phi) is 7.88. The second-order valence-corrected chi connectivity index (χ2v) is 10.8. The summed E-state index contributed by atoms with van der Waals surface area (Å²) in [6.07, 6.45) is 0.829. The number of benzene rings is 3. The number of methoxy groups -OCH3 is 3. The predicted octanol–water partition coefficient (Wildman–Crippen LogP) is 4.49. The van der Waals surface area contributed by atoms with Crippen LogP contribution in [0, 0.1) is 6.92 Å². The van der Waals surface area contributed by atoms with Crippen LogP contribution in [0.4, 0.5) is 0 Å². The lowest BCUT2D eigenvalue weighted by Crippen LogP contribution is -2.47. The summed E-state index contributed by atoms with van der Waals surface area (Å²) < 4.78 is 45.9. The van der Waals surface area contributed by atoms with Gasteiger partial charge in [0.1, 0.15) is 5.75 Å². The molecule has 7 nitrogen and oxygen atoms in total. The van der Waals surface area contributed by atoms with Crippen molar-refractivity contribution in [3.05, 3.63) is 82.9 Å². The highest BCUT2D eigenvalue weighted by Gasteiger charge is 2.35. The lowest BCUT2D eigenvalue weighted by atomic mass is 9.88. The monoisotopic (exact) mass is 510 g/mol. The lowest BCUT2D eigenvalue weighted by Gasteiger charge is -2.41. The van der Waals surface area contributed by atoms with E-state index in [-0.39, 0.29) is 10.9 Å². The van der Waals surface area contributed by atoms with Crippen molar-refractivity contribution in [2.24, 2.45) is 0 Å². The van der Waals surface area contributed by atoms with Crippen molar-refractivity contribution in [3.63, 3.8) is 0 Å². The Balaban J connectivity index is 1.72. The molecule has 0 saturated carbocycles. The molecule has 3 aromatic carbocycles. The molecule has 1 heterocycles. The van der Waals surface area contributed by atoms with Gasteiger partial charge in [-0.05, 0) is 78.9 Å². The predicted molar refractivity (Wildman–Crippen MR) is 140 cm³/mol. The first-order valence-corrected chi connectivity index (χ1v) is 13.5. The fourth-order valence-corrected chi connectivity index (χ4v) is 6.18. The number of hydrogen-bond acceptors (Lipinski definition) is 6. The van der Waals surface area contributed by atoms with Crippen LogP contribution in [0.3, 0.4) is 0 Å². The van der Waals surface area contributed by atoms with Gasteiger partial charge in [0.05, 0.1) is 32.3 Å². The molecule has 0 fully saturated rings. The molecule has 1 aliphatic rings. The molecule has 1 aliphatic heterocycles. The zero-order valence-electron chi connectivity index (χ0n) is 21.4. The molecule has 0 amide bonds. The zero-order chi connectivity index (χ0) is 25.9. The maximum absolute atomic E-state index is 13.3. The van der Waals surface area contributed by atoms with Crippen molar-refractivity contribution in [3.8, 4) is 17.2 Å². The molecule has 0 bridgehead atoms. The highest BCUT2D eigenvalue weighted by Crippen LogP contribution is 2.40. The maximum atomic E-state index is 13.3.